The molecular weight excluding hydrogens is 150 g/mol. The van der Waals surface area contributed by atoms with Crippen molar-refractivity contribution in [2.75, 3.05) is 26.2 Å². The maximum absolute atomic E-state index is 5.68. The van der Waals surface area contributed by atoms with E-state index < -0.39 is 0 Å². The second kappa shape index (κ2) is 5.55. The fraction of sp³-hybridized carbons (Fsp3) is 0.900. The fourth-order valence-electron chi connectivity index (χ4n) is 1.58. The average Bonchev–Trinajstić information content (AvgIpc) is 2.15. The third kappa shape index (κ3) is 3.11. The largest absolute Gasteiger partial charge is 0.378 e. The number of ether oxygens (including phenoxy) is 1. The van der Waals surface area contributed by atoms with Gasteiger partial charge in [-0.25, -0.2) is 0 Å². The molecule has 2 nitrogen and oxygen atoms in total. The van der Waals surface area contributed by atoms with Gasteiger partial charge in [0.25, 0.3) is 0 Å². The van der Waals surface area contributed by atoms with Crippen molar-refractivity contribution in [1.82, 2.24) is 4.90 Å². The van der Waals surface area contributed by atoms with Crippen molar-refractivity contribution >= 4 is 0 Å². The highest BCUT2D eigenvalue weighted by atomic mass is 16.5. The molecule has 1 aliphatic heterocycles. The van der Waals surface area contributed by atoms with Gasteiger partial charge in [0.05, 0.1) is 6.10 Å². The van der Waals surface area contributed by atoms with E-state index in [2.05, 4.69) is 18.7 Å². The lowest BCUT2D eigenvalue weighted by molar-refractivity contribution is 0.0101. The molecule has 0 unspecified atom stereocenters. The first-order chi connectivity index (χ1) is 5.86. The van der Waals surface area contributed by atoms with E-state index in [1.807, 2.05) is 0 Å². The summed E-state index contributed by atoms with van der Waals surface area (Å²) in [5.74, 6) is 0. The quantitative estimate of drug-likeness (QED) is 0.637. The van der Waals surface area contributed by atoms with Crippen LogP contribution in [0.15, 0.2) is 0 Å². The molecule has 0 spiro atoms. The monoisotopic (exact) mass is 170 g/mol. The SMILES string of the molecule is [CH2]CN1CCC(OCCC)CC1. The highest BCUT2D eigenvalue weighted by Crippen LogP contribution is 2.13. The molecule has 0 bridgehead atoms. The van der Waals surface area contributed by atoms with Crippen molar-refractivity contribution in [3.63, 3.8) is 0 Å². The van der Waals surface area contributed by atoms with Crippen LogP contribution in [0.3, 0.4) is 0 Å². The van der Waals surface area contributed by atoms with Crippen LogP contribution in [0.4, 0.5) is 0 Å². The van der Waals surface area contributed by atoms with Crippen LogP contribution in [0.5, 0.6) is 0 Å². The van der Waals surface area contributed by atoms with Crippen LogP contribution in [-0.2, 0) is 4.74 Å². The number of nitrogens with zero attached hydrogens (tertiary/aromatic N) is 1. The van der Waals surface area contributed by atoms with Gasteiger partial charge in [0.1, 0.15) is 0 Å². The summed E-state index contributed by atoms with van der Waals surface area (Å²) in [7, 11) is 0. The molecule has 0 aromatic carbocycles. The summed E-state index contributed by atoms with van der Waals surface area (Å²) in [6.07, 6.45) is 4.04. The highest BCUT2D eigenvalue weighted by molar-refractivity contribution is 4.72. The Morgan fingerprint density at radius 3 is 2.58 bits per heavy atom. The van der Waals surface area contributed by atoms with Crippen molar-refractivity contribution in [2.45, 2.75) is 32.3 Å². The molecule has 1 fully saturated rings. The number of piperidine rings is 1. The van der Waals surface area contributed by atoms with Crippen LogP contribution in [-0.4, -0.2) is 37.2 Å². The third-order valence-electron chi connectivity index (χ3n) is 2.41. The minimum atomic E-state index is 0.521. The second-order valence-corrected chi connectivity index (χ2v) is 3.41. The summed E-state index contributed by atoms with van der Waals surface area (Å²) in [6, 6.07) is 0. The van der Waals surface area contributed by atoms with Crippen molar-refractivity contribution in [3.8, 4) is 0 Å². The molecule has 1 heterocycles. The van der Waals surface area contributed by atoms with E-state index in [4.69, 9.17) is 4.74 Å². The first kappa shape index (κ1) is 10.0. The van der Waals surface area contributed by atoms with Crippen LogP contribution in [0.25, 0.3) is 0 Å². The molecule has 0 saturated carbocycles. The number of rotatable bonds is 4. The van der Waals surface area contributed by atoms with Crippen LogP contribution >= 0.6 is 0 Å². The molecule has 0 aliphatic carbocycles. The van der Waals surface area contributed by atoms with Gasteiger partial charge in [-0.3, -0.25) is 0 Å². The van der Waals surface area contributed by atoms with E-state index in [1.54, 1.807) is 0 Å². The van der Waals surface area contributed by atoms with Gasteiger partial charge in [-0.15, -0.1) is 0 Å². The molecule has 0 atom stereocenters. The summed E-state index contributed by atoms with van der Waals surface area (Å²) in [5.41, 5.74) is 0. The van der Waals surface area contributed by atoms with Crippen LogP contribution in [0, 0.1) is 6.92 Å². The van der Waals surface area contributed by atoms with Gasteiger partial charge < -0.3 is 9.64 Å². The number of hydrogen-bond donors (Lipinski definition) is 0. The van der Waals surface area contributed by atoms with Gasteiger partial charge in [-0.05, 0) is 32.7 Å². The van der Waals surface area contributed by atoms with Gasteiger partial charge in [0.2, 0.25) is 0 Å². The molecule has 0 aromatic heterocycles. The standard InChI is InChI=1S/C10H20NO/c1-3-9-12-10-5-7-11(4-2)8-6-10/h10H,2-9H2,1H3. The van der Waals surface area contributed by atoms with Crippen molar-refractivity contribution in [2.24, 2.45) is 0 Å². The highest BCUT2D eigenvalue weighted by Gasteiger charge is 2.17. The molecule has 12 heavy (non-hydrogen) atoms. The molecule has 1 saturated heterocycles. The van der Waals surface area contributed by atoms with E-state index in [0.717, 1.165) is 32.7 Å². The molecule has 0 N–H and O–H groups in total. The van der Waals surface area contributed by atoms with E-state index in [-0.39, 0.29) is 0 Å². The molecule has 0 aromatic rings. The average molecular weight is 170 g/mol. The summed E-state index contributed by atoms with van der Waals surface area (Å²) in [6.45, 7) is 10.2. The Hall–Kier alpha value is -0.0800. The van der Waals surface area contributed by atoms with E-state index in [9.17, 15) is 0 Å². The Morgan fingerprint density at radius 2 is 2.08 bits per heavy atom. The normalized spacial score (nSPS) is 21.5. The summed E-state index contributed by atoms with van der Waals surface area (Å²) in [4.78, 5) is 2.38. The van der Waals surface area contributed by atoms with Gasteiger partial charge in [-0.1, -0.05) is 6.92 Å². The molecule has 71 valence electrons. The van der Waals surface area contributed by atoms with E-state index >= 15 is 0 Å². The van der Waals surface area contributed by atoms with Crippen molar-refractivity contribution in [1.29, 1.82) is 0 Å². The predicted molar refractivity (Wildman–Crippen MR) is 51.1 cm³/mol. The van der Waals surface area contributed by atoms with Crippen molar-refractivity contribution in [3.05, 3.63) is 6.92 Å². The van der Waals surface area contributed by atoms with Gasteiger partial charge >= 0.3 is 0 Å². The first-order valence-corrected chi connectivity index (χ1v) is 5.00. The first-order valence-electron chi connectivity index (χ1n) is 5.00. The molecule has 2 heteroatoms. The van der Waals surface area contributed by atoms with Crippen LogP contribution < -0.4 is 0 Å². The summed E-state index contributed by atoms with van der Waals surface area (Å²) < 4.78 is 5.68. The molecule has 1 radical (unpaired) electrons. The Labute approximate surface area is 75.9 Å². The number of likely N-dealkylation sites (tertiary alicyclic amines) is 1. The number of hydrogen-bond acceptors (Lipinski definition) is 2. The Bertz CT molecular complexity index is 108. The summed E-state index contributed by atoms with van der Waals surface area (Å²) >= 11 is 0. The molecule has 0 amide bonds. The fourth-order valence-corrected chi connectivity index (χ4v) is 1.58. The van der Waals surface area contributed by atoms with Crippen molar-refractivity contribution < 1.29 is 4.74 Å². The Morgan fingerprint density at radius 1 is 1.42 bits per heavy atom. The maximum atomic E-state index is 5.68. The van der Waals surface area contributed by atoms with Gasteiger partial charge in [0, 0.05) is 19.7 Å². The van der Waals surface area contributed by atoms with E-state index in [1.165, 1.54) is 12.8 Å². The molecular formula is C10H20NO. The van der Waals surface area contributed by atoms with E-state index in [0.29, 0.717) is 6.10 Å². The van der Waals surface area contributed by atoms with Crippen LogP contribution in [0.2, 0.25) is 0 Å². The zero-order valence-electron chi connectivity index (χ0n) is 8.09. The summed E-state index contributed by atoms with van der Waals surface area (Å²) in [5, 5.41) is 0. The smallest absolute Gasteiger partial charge is 0.0599 e. The third-order valence-corrected chi connectivity index (χ3v) is 2.41. The predicted octanol–water partition coefficient (Wildman–Crippen LogP) is 1.71. The second-order valence-electron chi connectivity index (χ2n) is 3.41. The minimum Gasteiger partial charge on any atom is -0.378 e. The topological polar surface area (TPSA) is 12.5 Å². The van der Waals surface area contributed by atoms with Gasteiger partial charge in [-0.2, -0.15) is 0 Å². The Kier molecular flexibility index (Phi) is 4.62. The molecule has 1 aliphatic rings. The van der Waals surface area contributed by atoms with Gasteiger partial charge in [0.15, 0.2) is 0 Å². The maximum Gasteiger partial charge on any atom is 0.0599 e. The lowest BCUT2D eigenvalue weighted by Crippen LogP contribution is -2.36. The lowest BCUT2D eigenvalue weighted by atomic mass is 10.1. The lowest BCUT2D eigenvalue weighted by Gasteiger charge is -2.30. The zero-order chi connectivity index (χ0) is 8.81. The molecule has 1 rings (SSSR count). The zero-order valence-corrected chi connectivity index (χ0v) is 8.09. The van der Waals surface area contributed by atoms with Crippen LogP contribution in [0.1, 0.15) is 26.2 Å². The minimum absolute atomic E-state index is 0.521. The Balaban J connectivity index is 2.09.